The topological polar surface area (TPSA) is 78.3 Å². The summed E-state index contributed by atoms with van der Waals surface area (Å²) >= 11 is 1.54. The molecule has 0 spiro atoms. The summed E-state index contributed by atoms with van der Waals surface area (Å²) < 4.78 is 14.2. The van der Waals surface area contributed by atoms with Gasteiger partial charge in [0.15, 0.2) is 0 Å². The summed E-state index contributed by atoms with van der Waals surface area (Å²) in [7, 11) is 0. The van der Waals surface area contributed by atoms with Gasteiger partial charge in [-0.25, -0.2) is 9.37 Å². The maximum Gasteiger partial charge on any atom is 0.218 e. The number of rotatable bonds is 1. The first-order valence-electron chi connectivity index (χ1n) is 5.28. The van der Waals surface area contributed by atoms with E-state index in [0.29, 0.717) is 18.7 Å². The van der Waals surface area contributed by atoms with Crippen molar-refractivity contribution in [1.29, 1.82) is 5.26 Å². The van der Waals surface area contributed by atoms with Gasteiger partial charge < -0.3 is 10.6 Å². The molecule has 90 valence electrons. The Labute approximate surface area is 102 Å². The highest BCUT2D eigenvalue weighted by molar-refractivity contribution is 7.11. The van der Waals surface area contributed by atoms with E-state index >= 15 is 0 Å². The first kappa shape index (κ1) is 11.8. The number of aliphatic imine (C=N–C) groups is 1. The Morgan fingerprint density at radius 3 is 3.24 bits per heavy atom. The second-order valence-corrected chi connectivity index (χ2v) is 4.79. The summed E-state index contributed by atoms with van der Waals surface area (Å²) in [5.41, 5.74) is 5.96. The summed E-state index contributed by atoms with van der Waals surface area (Å²) in [6.07, 6.45) is 1.65. The minimum Gasteiger partial charge on any atom is -0.369 e. The third-order valence-corrected chi connectivity index (χ3v) is 3.89. The molecule has 0 fully saturated rings. The zero-order chi connectivity index (χ0) is 12.4. The molecule has 1 aromatic heterocycles. The van der Waals surface area contributed by atoms with Crippen molar-refractivity contribution in [1.82, 2.24) is 9.88 Å². The second kappa shape index (κ2) is 4.67. The monoisotopic (exact) mass is 253 g/mol. The first-order chi connectivity index (χ1) is 8.17. The van der Waals surface area contributed by atoms with Crippen molar-refractivity contribution < 1.29 is 4.39 Å². The molecule has 1 aliphatic rings. The molecule has 1 aromatic rings. The van der Waals surface area contributed by atoms with Crippen LogP contribution in [0.5, 0.6) is 0 Å². The number of alkyl halides is 1. The normalized spacial score (nSPS) is 19.9. The van der Waals surface area contributed by atoms with Crippen LogP contribution in [-0.4, -0.2) is 22.4 Å². The number of aromatic nitrogens is 1. The van der Waals surface area contributed by atoms with Crippen molar-refractivity contribution in [3.05, 3.63) is 15.6 Å². The lowest BCUT2D eigenvalue weighted by Gasteiger charge is -2.29. The fourth-order valence-corrected chi connectivity index (χ4v) is 2.77. The van der Waals surface area contributed by atoms with Gasteiger partial charge in [-0.05, 0) is 6.42 Å². The largest absolute Gasteiger partial charge is 0.369 e. The highest BCUT2D eigenvalue weighted by atomic mass is 32.1. The Morgan fingerprint density at radius 2 is 2.59 bits per heavy atom. The van der Waals surface area contributed by atoms with Gasteiger partial charge in [-0.15, -0.1) is 16.3 Å². The lowest BCUT2D eigenvalue weighted by Crippen LogP contribution is -2.42. The smallest absolute Gasteiger partial charge is 0.218 e. The molecule has 1 aliphatic heterocycles. The third kappa shape index (κ3) is 2.08. The standard InChI is InChI=1S/C10H12FN5S/c1-2-7-15-8-6(17-7)3-4-16(9(8)11)10(13)14-5-12/h9H,2-4H2,1H3,(H2,13,14). The predicted molar refractivity (Wildman–Crippen MR) is 63.0 cm³/mol. The Bertz CT molecular complexity index is 489. The number of hydrogen-bond donors (Lipinski definition) is 1. The Balaban J connectivity index is 2.30. The van der Waals surface area contributed by atoms with Crippen LogP contribution < -0.4 is 5.73 Å². The lowest BCUT2D eigenvalue weighted by molar-refractivity contribution is 0.139. The van der Waals surface area contributed by atoms with Crippen molar-refractivity contribution >= 4 is 17.3 Å². The quantitative estimate of drug-likeness (QED) is 0.354. The summed E-state index contributed by atoms with van der Waals surface area (Å²) in [6.45, 7) is 2.41. The molecule has 2 N–H and O–H groups in total. The minimum absolute atomic E-state index is 0.0864. The van der Waals surface area contributed by atoms with Crippen LogP contribution in [0.2, 0.25) is 0 Å². The van der Waals surface area contributed by atoms with E-state index in [9.17, 15) is 4.39 Å². The van der Waals surface area contributed by atoms with E-state index in [2.05, 4.69) is 9.98 Å². The molecule has 0 bridgehead atoms. The van der Waals surface area contributed by atoms with Gasteiger partial charge in [-0.1, -0.05) is 6.92 Å². The van der Waals surface area contributed by atoms with Gasteiger partial charge >= 0.3 is 0 Å². The van der Waals surface area contributed by atoms with Crippen LogP contribution in [0.1, 0.15) is 28.8 Å². The van der Waals surface area contributed by atoms with Crippen LogP contribution in [0.4, 0.5) is 4.39 Å². The average molecular weight is 253 g/mol. The molecule has 0 radical (unpaired) electrons. The Morgan fingerprint density at radius 1 is 1.82 bits per heavy atom. The molecule has 1 unspecified atom stereocenters. The van der Waals surface area contributed by atoms with Gasteiger partial charge in [-0.2, -0.15) is 5.26 Å². The number of nitrogens with zero attached hydrogens (tertiary/aromatic N) is 4. The van der Waals surface area contributed by atoms with E-state index in [0.717, 1.165) is 16.3 Å². The number of nitrogens with two attached hydrogens (primary N) is 1. The molecular formula is C10H12FN5S. The average Bonchev–Trinajstić information content (AvgIpc) is 2.73. The van der Waals surface area contributed by atoms with E-state index in [1.807, 2.05) is 6.92 Å². The number of thiazole rings is 1. The maximum atomic E-state index is 14.2. The molecule has 0 aromatic carbocycles. The molecular weight excluding hydrogens is 241 g/mol. The molecule has 0 amide bonds. The molecule has 7 heteroatoms. The highest BCUT2D eigenvalue weighted by Gasteiger charge is 2.31. The van der Waals surface area contributed by atoms with Gasteiger partial charge in [-0.3, -0.25) is 0 Å². The number of halogens is 1. The third-order valence-electron chi connectivity index (χ3n) is 2.61. The minimum atomic E-state index is -1.40. The fraction of sp³-hybridized carbons (Fsp3) is 0.500. The Kier molecular flexibility index (Phi) is 3.24. The van der Waals surface area contributed by atoms with Gasteiger partial charge in [0.05, 0.1) is 5.01 Å². The number of hydrogen-bond acceptors (Lipinski definition) is 4. The van der Waals surface area contributed by atoms with Crippen LogP contribution in [-0.2, 0) is 12.8 Å². The Hall–Kier alpha value is -1.68. The summed E-state index contributed by atoms with van der Waals surface area (Å²) in [5, 5.41) is 9.34. The molecule has 5 nitrogen and oxygen atoms in total. The molecule has 0 aliphatic carbocycles. The zero-order valence-corrected chi connectivity index (χ0v) is 10.2. The first-order valence-corrected chi connectivity index (χ1v) is 6.10. The highest BCUT2D eigenvalue weighted by Crippen LogP contribution is 2.33. The summed E-state index contributed by atoms with van der Waals surface area (Å²) in [6, 6.07) is 0. The van der Waals surface area contributed by atoms with E-state index in [1.165, 1.54) is 4.90 Å². The zero-order valence-electron chi connectivity index (χ0n) is 9.35. The van der Waals surface area contributed by atoms with Gasteiger partial charge in [0.25, 0.3) is 0 Å². The number of guanidine groups is 1. The van der Waals surface area contributed by atoms with Crippen LogP contribution in [0.15, 0.2) is 4.99 Å². The van der Waals surface area contributed by atoms with Gasteiger partial charge in [0, 0.05) is 17.8 Å². The van der Waals surface area contributed by atoms with Crippen LogP contribution in [0.25, 0.3) is 0 Å². The molecule has 0 saturated heterocycles. The van der Waals surface area contributed by atoms with E-state index in [-0.39, 0.29) is 5.96 Å². The van der Waals surface area contributed by atoms with Crippen molar-refractivity contribution in [3.63, 3.8) is 0 Å². The van der Waals surface area contributed by atoms with Crippen LogP contribution in [0.3, 0.4) is 0 Å². The van der Waals surface area contributed by atoms with Gasteiger partial charge in [0.2, 0.25) is 18.4 Å². The summed E-state index contributed by atoms with van der Waals surface area (Å²) in [5.74, 6) is -0.0864. The van der Waals surface area contributed by atoms with Crippen molar-refractivity contribution in [2.24, 2.45) is 10.7 Å². The number of aryl methyl sites for hydroxylation is 1. The molecule has 17 heavy (non-hydrogen) atoms. The fourth-order valence-electron chi connectivity index (χ4n) is 1.76. The maximum absolute atomic E-state index is 14.2. The molecule has 2 rings (SSSR count). The van der Waals surface area contributed by atoms with Crippen molar-refractivity contribution in [3.8, 4) is 6.19 Å². The molecule has 0 saturated carbocycles. The van der Waals surface area contributed by atoms with Gasteiger partial charge in [0.1, 0.15) is 5.69 Å². The predicted octanol–water partition coefficient (Wildman–Crippen LogP) is 1.33. The second-order valence-electron chi connectivity index (χ2n) is 3.62. The lowest BCUT2D eigenvalue weighted by atomic mass is 10.2. The van der Waals surface area contributed by atoms with Crippen LogP contribution in [0, 0.1) is 11.5 Å². The number of fused-ring (bicyclic) bond motifs is 1. The number of nitriles is 1. The van der Waals surface area contributed by atoms with E-state index < -0.39 is 6.30 Å². The molecule has 1 atom stereocenters. The van der Waals surface area contributed by atoms with Crippen LogP contribution >= 0.6 is 11.3 Å². The van der Waals surface area contributed by atoms with Crippen molar-refractivity contribution in [2.45, 2.75) is 26.1 Å². The van der Waals surface area contributed by atoms with E-state index in [4.69, 9.17) is 11.0 Å². The van der Waals surface area contributed by atoms with Crippen molar-refractivity contribution in [2.75, 3.05) is 6.54 Å². The SMILES string of the molecule is CCc1nc2c(s1)CCN(/C(N)=N/C#N)C2F. The molecule has 2 heterocycles. The van der Waals surface area contributed by atoms with E-state index in [1.54, 1.807) is 17.5 Å². The summed E-state index contributed by atoms with van der Waals surface area (Å²) in [4.78, 5) is 9.85.